The zero-order valence-electron chi connectivity index (χ0n) is 8.21. The van der Waals surface area contributed by atoms with E-state index < -0.39 is 12.1 Å². The van der Waals surface area contributed by atoms with Gasteiger partial charge in [-0.15, -0.1) is 0 Å². The van der Waals surface area contributed by atoms with Gasteiger partial charge in [-0.2, -0.15) is 0 Å². The van der Waals surface area contributed by atoms with Gasteiger partial charge >= 0.3 is 6.09 Å². The molecule has 0 heterocycles. The van der Waals surface area contributed by atoms with Gasteiger partial charge in [-0.05, 0) is 12.8 Å². The largest absolute Gasteiger partial charge is 0.450 e. The summed E-state index contributed by atoms with van der Waals surface area (Å²) >= 11 is 0. The second-order valence-electron chi connectivity index (χ2n) is 2.78. The molecule has 4 nitrogen and oxygen atoms in total. The van der Waals surface area contributed by atoms with Crippen molar-refractivity contribution < 1.29 is 14.3 Å². The van der Waals surface area contributed by atoms with Gasteiger partial charge in [0.15, 0.2) is 0 Å². The van der Waals surface area contributed by atoms with Crippen LogP contribution in [0.15, 0.2) is 0 Å². The van der Waals surface area contributed by atoms with E-state index in [1.165, 1.54) is 0 Å². The van der Waals surface area contributed by atoms with Crippen molar-refractivity contribution in [1.82, 2.24) is 5.32 Å². The Morgan fingerprint density at radius 1 is 1.54 bits per heavy atom. The third-order valence-corrected chi connectivity index (χ3v) is 1.64. The number of hydrogen-bond donors (Lipinski definition) is 1. The van der Waals surface area contributed by atoms with Crippen LogP contribution in [0.25, 0.3) is 0 Å². The second kappa shape index (κ2) is 7.58. The Morgan fingerprint density at radius 2 is 2.23 bits per heavy atom. The molecule has 0 saturated heterocycles. The quantitative estimate of drug-likeness (QED) is 0.506. The van der Waals surface area contributed by atoms with Crippen LogP contribution in [0.5, 0.6) is 0 Å². The molecule has 0 fully saturated rings. The lowest BCUT2D eigenvalue weighted by atomic mass is 10.3. The zero-order chi connectivity index (χ0) is 10.1. The van der Waals surface area contributed by atoms with Gasteiger partial charge in [-0.25, -0.2) is 4.79 Å². The molecular weight excluding hydrogens is 170 g/mol. The van der Waals surface area contributed by atoms with E-state index in [9.17, 15) is 9.59 Å². The first kappa shape index (κ1) is 11.9. The summed E-state index contributed by atoms with van der Waals surface area (Å²) in [5.41, 5.74) is 0. The number of nitrogens with one attached hydrogen (secondary N) is 1. The number of ether oxygens (including phenoxy) is 1. The molecule has 0 aromatic rings. The number of hydrogen-bond acceptors (Lipinski definition) is 3. The molecule has 0 aliphatic heterocycles. The molecule has 76 valence electrons. The standard InChI is InChI=1S/C9H17NO3/c1-3-5-6-13-9(12)10-8(4-2)7-11/h7-8H,3-6H2,1-2H3,(H,10,12). The van der Waals surface area contributed by atoms with Gasteiger partial charge < -0.3 is 14.8 Å². The van der Waals surface area contributed by atoms with Gasteiger partial charge in [0.2, 0.25) is 0 Å². The molecular formula is C9H17NO3. The summed E-state index contributed by atoms with van der Waals surface area (Å²) in [6.45, 7) is 4.25. The predicted octanol–water partition coefficient (Wildman–Crippen LogP) is 1.49. The zero-order valence-corrected chi connectivity index (χ0v) is 8.21. The fraction of sp³-hybridized carbons (Fsp3) is 0.778. The SMILES string of the molecule is CCCCOC(=O)NC(C=O)CC. The fourth-order valence-electron chi connectivity index (χ4n) is 0.735. The van der Waals surface area contributed by atoms with E-state index in [1.807, 2.05) is 13.8 Å². The average molecular weight is 187 g/mol. The highest BCUT2D eigenvalue weighted by Crippen LogP contribution is 1.91. The van der Waals surface area contributed by atoms with Crippen molar-refractivity contribution in [2.24, 2.45) is 0 Å². The lowest BCUT2D eigenvalue weighted by molar-refractivity contribution is -0.109. The van der Waals surface area contributed by atoms with Crippen LogP contribution in [0.3, 0.4) is 0 Å². The maximum absolute atomic E-state index is 11.0. The number of amides is 1. The highest BCUT2D eigenvalue weighted by atomic mass is 16.5. The monoisotopic (exact) mass is 187 g/mol. The smallest absolute Gasteiger partial charge is 0.407 e. The third kappa shape index (κ3) is 6.13. The number of carbonyl (C=O) groups excluding carboxylic acids is 2. The second-order valence-corrected chi connectivity index (χ2v) is 2.78. The molecule has 0 aliphatic carbocycles. The van der Waals surface area contributed by atoms with E-state index in [0.717, 1.165) is 12.8 Å². The minimum absolute atomic E-state index is 0.414. The van der Waals surface area contributed by atoms with Crippen molar-refractivity contribution in [2.75, 3.05) is 6.61 Å². The van der Waals surface area contributed by atoms with E-state index >= 15 is 0 Å². The number of alkyl carbamates (subject to hydrolysis) is 1. The molecule has 1 atom stereocenters. The van der Waals surface area contributed by atoms with E-state index in [4.69, 9.17) is 4.74 Å². The summed E-state index contributed by atoms with van der Waals surface area (Å²) in [6.07, 6.45) is 2.63. The number of carbonyl (C=O) groups is 2. The highest BCUT2D eigenvalue weighted by molar-refractivity contribution is 5.72. The molecule has 1 amide bonds. The van der Waals surface area contributed by atoms with Crippen LogP contribution in [0, 0.1) is 0 Å². The van der Waals surface area contributed by atoms with Gasteiger partial charge in [0.05, 0.1) is 12.6 Å². The average Bonchev–Trinajstić information content (AvgIpc) is 2.14. The van der Waals surface area contributed by atoms with E-state index in [1.54, 1.807) is 0 Å². The Morgan fingerprint density at radius 3 is 2.69 bits per heavy atom. The normalized spacial score (nSPS) is 11.8. The molecule has 0 aromatic heterocycles. The third-order valence-electron chi connectivity index (χ3n) is 1.64. The van der Waals surface area contributed by atoms with E-state index in [-0.39, 0.29) is 0 Å². The van der Waals surface area contributed by atoms with Crippen molar-refractivity contribution in [3.8, 4) is 0 Å². The molecule has 0 bridgehead atoms. The summed E-state index contributed by atoms with van der Waals surface area (Å²) in [7, 11) is 0. The van der Waals surface area contributed by atoms with Crippen LogP contribution in [0.2, 0.25) is 0 Å². The minimum Gasteiger partial charge on any atom is -0.450 e. The van der Waals surface area contributed by atoms with Crippen LogP contribution in [0.1, 0.15) is 33.1 Å². The highest BCUT2D eigenvalue weighted by Gasteiger charge is 2.08. The first-order chi connectivity index (χ1) is 6.24. The number of unbranched alkanes of at least 4 members (excludes halogenated alkanes) is 1. The summed E-state index contributed by atoms with van der Waals surface area (Å²) < 4.78 is 4.81. The molecule has 1 N–H and O–H groups in total. The minimum atomic E-state index is -0.507. The lowest BCUT2D eigenvalue weighted by Crippen LogP contribution is -2.35. The Bertz CT molecular complexity index is 159. The predicted molar refractivity (Wildman–Crippen MR) is 49.5 cm³/mol. The van der Waals surface area contributed by atoms with Crippen molar-refractivity contribution >= 4 is 12.4 Å². The van der Waals surface area contributed by atoms with Gasteiger partial charge in [0.25, 0.3) is 0 Å². The Labute approximate surface area is 78.6 Å². The Kier molecular flexibility index (Phi) is 6.96. The number of aldehydes is 1. The molecule has 0 saturated carbocycles. The summed E-state index contributed by atoms with van der Waals surface area (Å²) in [5.74, 6) is 0. The lowest BCUT2D eigenvalue weighted by Gasteiger charge is -2.10. The first-order valence-electron chi connectivity index (χ1n) is 4.63. The first-order valence-corrected chi connectivity index (χ1v) is 4.63. The molecule has 0 spiro atoms. The molecule has 13 heavy (non-hydrogen) atoms. The van der Waals surface area contributed by atoms with Crippen LogP contribution in [0.4, 0.5) is 4.79 Å². The van der Waals surface area contributed by atoms with Crippen LogP contribution in [-0.4, -0.2) is 25.0 Å². The molecule has 0 radical (unpaired) electrons. The Hall–Kier alpha value is -1.06. The Balaban J connectivity index is 3.54. The molecule has 0 aliphatic rings. The van der Waals surface area contributed by atoms with E-state index in [2.05, 4.69) is 5.32 Å². The topological polar surface area (TPSA) is 55.4 Å². The molecule has 4 heteroatoms. The van der Waals surface area contributed by atoms with Crippen molar-refractivity contribution in [3.63, 3.8) is 0 Å². The summed E-state index contributed by atoms with van der Waals surface area (Å²) in [5, 5.41) is 2.45. The number of rotatable bonds is 6. The van der Waals surface area contributed by atoms with Gasteiger partial charge in [0, 0.05) is 0 Å². The van der Waals surface area contributed by atoms with Crippen LogP contribution < -0.4 is 5.32 Å². The van der Waals surface area contributed by atoms with Crippen molar-refractivity contribution in [2.45, 2.75) is 39.2 Å². The summed E-state index contributed by atoms with van der Waals surface area (Å²) in [6, 6.07) is -0.422. The fourth-order valence-corrected chi connectivity index (χ4v) is 0.735. The van der Waals surface area contributed by atoms with Gasteiger partial charge in [-0.1, -0.05) is 20.3 Å². The van der Waals surface area contributed by atoms with E-state index in [0.29, 0.717) is 19.3 Å². The maximum Gasteiger partial charge on any atom is 0.407 e. The maximum atomic E-state index is 11.0. The molecule has 1 unspecified atom stereocenters. The summed E-state index contributed by atoms with van der Waals surface area (Å²) in [4.78, 5) is 21.3. The van der Waals surface area contributed by atoms with Gasteiger partial charge in [-0.3, -0.25) is 0 Å². The van der Waals surface area contributed by atoms with Crippen LogP contribution >= 0.6 is 0 Å². The van der Waals surface area contributed by atoms with Gasteiger partial charge in [0.1, 0.15) is 6.29 Å². The van der Waals surface area contributed by atoms with Crippen molar-refractivity contribution in [1.29, 1.82) is 0 Å². The van der Waals surface area contributed by atoms with Crippen LogP contribution in [-0.2, 0) is 9.53 Å². The van der Waals surface area contributed by atoms with Crippen molar-refractivity contribution in [3.05, 3.63) is 0 Å². The molecule has 0 rings (SSSR count). The molecule has 0 aromatic carbocycles.